The van der Waals surface area contributed by atoms with Crippen LogP contribution < -0.4 is 9.47 Å². The van der Waals surface area contributed by atoms with E-state index in [0.717, 1.165) is 43.5 Å². The maximum atomic E-state index is 6.13. The van der Waals surface area contributed by atoms with E-state index in [0.29, 0.717) is 5.92 Å². The van der Waals surface area contributed by atoms with Crippen LogP contribution in [0, 0.1) is 5.92 Å². The first-order valence-corrected chi connectivity index (χ1v) is 12.7. The molecular formula is C27H46O2. The van der Waals surface area contributed by atoms with E-state index in [-0.39, 0.29) is 0 Å². The summed E-state index contributed by atoms with van der Waals surface area (Å²) in [5, 5.41) is 0. The average molecular weight is 403 g/mol. The van der Waals surface area contributed by atoms with Crippen LogP contribution in [0.15, 0.2) is 18.2 Å². The van der Waals surface area contributed by atoms with Crippen LogP contribution in [-0.4, -0.2) is 13.2 Å². The number of hydrogen-bond acceptors (Lipinski definition) is 2. The SMILES string of the molecule is CCCCCCCCCOc1ccc(OCCC)c(C2CCC(CCC)CC2)c1. The standard InChI is InChI=1S/C27H46O2/c1-4-7-8-9-10-11-12-21-28-25-18-19-27(29-20-6-3)26(22-25)24-16-14-23(13-5-2)15-17-24/h18-19,22-24H,4-17,20-21H2,1-3H3. The molecule has 1 aromatic carbocycles. The summed E-state index contributed by atoms with van der Waals surface area (Å²) in [7, 11) is 0. The fourth-order valence-electron chi connectivity index (χ4n) is 4.70. The molecule has 0 aliphatic heterocycles. The minimum atomic E-state index is 0.636. The summed E-state index contributed by atoms with van der Waals surface area (Å²) in [6, 6.07) is 6.55. The zero-order valence-corrected chi connectivity index (χ0v) is 19.5. The second-order valence-corrected chi connectivity index (χ2v) is 9.02. The maximum absolute atomic E-state index is 6.13. The van der Waals surface area contributed by atoms with Gasteiger partial charge in [0.2, 0.25) is 0 Å². The Hall–Kier alpha value is -1.18. The first-order valence-electron chi connectivity index (χ1n) is 12.7. The molecule has 1 aliphatic carbocycles. The van der Waals surface area contributed by atoms with Gasteiger partial charge >= 0.3 is 0 Å². The van der Waals surface area contributed by atoms with Crippen molar-refractivity contribution < 1.29 is 9.47 Å². The summed E-state index contributed by atoms with van der Waals surface area (Å²) in [6.45, 7) is 8.41. The predicted molar refractivity (Wildman–Crippen MR) is 125 cm³/mol. The summed E-state index contributed by atoms with van der Waals surface area (Å²) in [5.41, 5.74) is 1.39. The molecule has 1 aromatic rings. The van der Waals surface area contributed by atoms with Crippen molar-refractivity contribution in [3.63, 3.8) is 0 Å². The van der Waals surface area contributed by atoms with Crippen LogP contribution in [-0.2, 0) is 0 Å². The summed E-state index contributed by atoms with van der Waals surface area (Å²) >= 11 is 0. The number of ether oxygens (including phenoxy) is 2. The molecule has 0 saturated heterocycles. The molecule has 0 aromatic heterocycles. The van der Waals surface area contributed by atoms with Crippen LogP contribution in [0.4, 0.5) is 0 Å². The van der Waals surface area contributed by atoms with E-state index in [1.807, 2.05) is 0 Å². The third-order valence-corrected chi connectivity index (χ3v) is 6.44. The van der Waals surface area contributed by atoms with Gasteiger partial charge in [-0.25, -0.2) is 0 Å². The molecule has 0 N–H and O–H groups in total. The van der Waals surface area contributed by atoms with Crippen LogP contribution in [0.25, 0.3) is 0 Å². The minimum absolute atomic E-state index is 0.636. The van der Waals surface area contributed by atoms with Gasteiger partial charge in [0.15, 0.2) is 0 Å². The molecule has 0 unspecified atom stereocenters. The Balaban J connectivity index is 1.86. The van der Waals surface area contributed by atoms with Gasteiger partial charge in [0.25, 0.3) is 0 Å². The van der Waals surface area contributed by atoms with E-state index >= 15 is 0 Å². The van der Waals surface area contributed by atoms with Crippen molar-refractivity contribution in [3.8, 4) is 11.5 Å². The molecule has 0 atom stereocenters. The number of benzene rings is 1. The molecule has 2 rings (SSSR count). The molecule has 0 heterocycles. The van der Waals surface area contributed by atoms with Crippen molar-refractivity contribution in [2.24, 2.45) is 5.92 Å². The smallest absolute Gasteiger partial charge is 0.123 e. The summed E-state index contributed by atoms with van der Waals surface area (Å²) < 4.78 is 12.2. The highest BCUT2D eigenvalue weighted by molar-refractivity contribution is 5.42. The van der Waals surface area contributed by atoms with Crippen molar-refractivity contribution in [1.82, 2.24) is 0 Å². The highest BCUT2D eigenvalue weighted by Crippen LogP contribution is 2.42. The van der Waals surface area contributed by atoms with Gasteiger partial charge in [-0.2, -0.15) is 0 Å². The van der Waals surface area contributed by atoms with Crippen LogP contribution in [0.2, 0.25) is 0 Å². The molecule has 2 heteroatoms. The minimum Gasteiger partial charge on any atom is -0.494 e. The second kappa shape index (κ2) is 14.7. The van der Waals surface area contributed by atoms with Crippen molar-refractivity contribution in [1.29, 1.82) is 0 Å². The highest BCUT2D eigenvalue weighted by atomic mass is 16.5. The third kappa shape index (κ3) is 9.01. The molecule has 1 aliphatic rings. The van der Waals surface area contributed by atoms with E-state index in [1.165, 1.54) is 82.6 Å². The van der Waals surface area contributed by atoms with E-state index in [1.54, 1.807) is 0 Å². The lowest BCUT2D eigenvalue weighted by Crippen LogP contribution is -2.14. The number of hydrogen-bond donors (Lipinski definition) is 0. The predicted octanol–water partition coefficient (Wildman–Crippen LogP) is 8.68. The van der Waals surface area contributed by atoms with Gasteiger partial charge in [-0.1, -0.05) is 72.1 Å². The van der Waals surface area contributed by atoms with Gasteiger partial charge in [-0.05, 0) is 68.6 Å². The molecule has 0 bridgehead atoms. The zero-order valence-electron chi connectivity index (χ0n) is 19.5. The summed E-state index contributed by atoms with van der Waals surface area (Å²) in [5.74, 6) is 3.70. The molecule has 0 spiro atoms. The lowest BCUT2D eigenvalue weighted by Gasteiger charge is -2.30. The quantitative estimate of drug-likeness (QED) is 0.273. The van der Waals surface area contributed by atoms with Crippen LogP contribution >= 0.6 is 0 Å². The van der Waals surface area contributed by atoms with E-state index in [4.69, 9.17) is 9.47 Å². The molecular weight excluding hydrogens is 356 g/mol. The maximum Gasteiger partial charge on any atom is 0.123 e. The largest absolute Gasteiger partial charge is 0.494 e. The zero-order chi connectivity index (χ0) is 20.7. The van der Waals surface area contributed by atoms with E-state index in [2.05, 4.69) is 39.0 Å². The van der Waals surface area contributed by atoms with Gasteiger partial charge < -0.3 is 9.47 Å². The highest BCUT2D eigenvalue weighted by Gasteiger charge is 2.24. The Labute approximate surface area is 180 Å². The average Bonchev–Trinajstić information content (AvgIpc) is 2.75. The lowest BCUT2D eigenvalue weighted by molar-refractivity contribution is 0.282. The van der Waals surface area contributed by atoms with Crippen molar-refractivity contribution >= 4 is 0 Å². The number of rotatable bonds is 15. The van der Waals surface area contributed by atoms with E-state index in [9.17, 15) is 0 Å². The topological polar surface area (TPSA) is 18.5 Å². The Morgan fingerprint density at radius 2 is 1.45 bits per heavy atom. The monoisotopic (exact) mass is 402 g/mol. The van der Waals surface area contributed by atoms with Crippen molar-refractivity contribution in [2.45, 2.75) is 117 Å². The Kier molecular flexibility index (Phi) is 12.3. The van der Waals surface area contributed by atoms with Crippen LogP contribution in [0.1, 0.15) is 122 Å². The van der Waals surface area contributed by atoms with E-state index < -0.39 is 0 Å². The first kappa shape index (κ1) is 24.1. The molecule has 0 amide bonds. The molecule has 166 valence electrons. The number of unbranched alkanes of at least 4 members (excludes halogenated alkanes) is 6. The Bertz CT molecular complexity index is 531. The lowest BCUT2D eigenvalue weighted by atomic mass is 9.77. The normalized spacial score (nSPS) is 19.3. The molecule has 0 radical (unpaired) electrons. The first-order chi connectivity index (χ1) is 14.3. The van der Waals surface area contributed by atoms with Gasteiger partial charge in [0, 0.05) is 5.56 Å². The van der Waals surface area contributed by atoms with Crippen molar-refractivity contribution in [3.05, 3.63) is 23.8 Å². The van der Waals surface area contributed by atoms with Crippen molar-refractivity contribution in [2.75, 3.05) is 13.2 Å². The van der Waals surface area contributed by atoms with Crippen LogP contribution in [0.3, 0.4) is 0 Å². The molecule has 1 fully saturated rings. The second-order valence-electron chi connectivity index (χ2n) is 9.02. The molecule has 29 heavy (non-hydrogen) atoms. The van der Waals surface area contributed by atoms with Gasteiger partial charge in [-0.15, -0.1) is 0 Å². The molecule has 1 saturated carbocycles. The third-order valence-electron chi connectivity index (χ3n) is 6.44. The Morgan fingerprint density at radius 1 is 0.724 bits per heavy atom. The van der Waals surface area contributed by atoms with Crippen LogP contribution in [0.5, 0.6) is 11.5 Å². The summed E-state index contributed by atoms with van der Waals surface area (Å²) in [4.78, 5) is 0. The Morgan fingerprint density at radius 3 is 2.14 bits per heavy atom. The van der Waals surface area contributed by atoms with Gasteiger partial charge in [0.05, 0.1) is 13.2 Å². The summed E-state index contributed by atoms with van der Waals surface area (Å²) in [6.07, 6.45) is 18.4. The fourth-order valence-corrected chi connectivity index (χ4v) is 4.70. The van der Waals surface area contributed by atoms with Gasteiger partial charge in [-0.3, -0.25) is 0 Å². The molecule has 2 nitrogen and oxygen atoms in total. The van der Waals surface area contributed by atoms with Gasteiger partial charge in [0.1, 0.15) is 11.5 Å². The fraction of sp³-hybridized carbons (Fsp3) is 0.778.